The summed E-state index contributed by atoms with van der Waals surface area (Å²) < 4.78 is 0. The van der Waals surface area contributed by atoms with Crippen LogP contribution in [0.5, 0.6) is 0 Å². The van der Waals surface area contributed by atoms with E-state index in [0.29, 0.717) is 18.7 Å². The molecular weight excluding hydrogens is 290 g/mol. The summed E-state index contributed by atoms with van der Waals surface area (Å²) in [5.41, 5.74) is 5.15. The van der Waals surface area contributed by atoms with Gasteiger partial charge in [0.25, 0.3) is 5.91 Å². The molecule has 1 aliphatic rings. The zero-order valence-corrected chi connectivity index (χ0v) is 13.3. The third-order valence-electron chi connectivity index (χ3n) is 4.22. The molecule has 3 rings (SSSR count). The van der Waals surface area contributed by atoms with Gasteiger partial charge in [0.1, 0.15) is 0 Å². The molecule has 0 bridgehead atoms. The van der Waals surface area contributed by atoms with Gasteiger partial charge in [-0.05, 0) is 55.7 Å². The molecule has 0 aromatic heterocycles. The summed E-state index contributed by atoms with van der Waals surface area (Å²) in [6.07, 6.45) is 0.756. The summed E-state index contributed by atoms with van der Waals surface area (Å²) in [4.78, 5) is 25.7. The van der Waals surface area contributed by atoms with E-state index >= 15 is 0 Å². The quantitative estimate of drug-likeness (QED) is 0.927. The lowest BCUT2D eigenvalue weighted by molar-refractivity contribution is 0.0696. The van der Waals surface area contributed by atoms with Gasteiger partial charge >= 0.3 is 5.97 Å². The molecule has 4 heteroatoms. The Bertz CT molecular complexity index is 775. The second-order valence-corrected chi connectivity index (χ2v) is 6.14. The number of benzene rings is 2. The van der Waals surface area contributed by atoms with Crippen LogP contribution in [0.4, 0.5) is 0 Å². The van der Waals surface area contributed by atoms with Gasteiger partial charge in [-0.1, -0.05) is 23.3 Å². The normalized spacial score (nSPS) is 13.6. The highest BCUT2D eigenvalue weighted by atomic mass is 16.4. The Morgan fingerprint density at radius 2 is 1.65 bits per heavy atom. The van der Waals surface area contributed by atoms with Crippen molar-refractivity contribution in [3.8, 4) is 0 Å². The summed E-state index contributed by atoms with van der Waals surface area (Å²) in [5, 5.41) is 9.12. The van der Waals surface area contributed by atoms with Crippen molar-refractivity contribution in [3.63, 3.8) is 0 Å². The topological polar surface area (TPSA) is 57.6 Å². The highest BCUT2D eigenvalue weighted by molar-refractivity contribution is 5.95. The molecule has 2 aromatic carbocycles. The Hall–Kier alpha value is -2.62. The molecule has 1 amide bonds. The monoisotopic (exact) mass is 309 g/mol. The van der Waals surface area contributed by atoms with Crippen LogP contribution in [-0.4, -0.2) is 28.4 Å². The number of carboxylic acid groups (broad SMARTS) is 1. The summed E-state index contributed by atoms with van der Waals surface area (Å²) in [7, 11) is 0. The molecule has 0 spiro atoms. The Morgan fingerprint density at radius 3 is 2.30 bits per heavy atom. The number of amides is 1. The molecule has 1 N–H and O–H groups in total. The first kappa shape index (κ1) is 15.3. The number of aryl methyl sites for hydroxylation is 2. The minimum Gasteiger partial charge on any atom is -0.478 e. The number of nitrogens with zero attached hydrogens (tertiary/aromatic N) is 1. The van der Waals surface area contributed by atoms with Gasteiger partial charge in [-0.15, -0.1) is 0 Å². The molecule has 1 heterocycles. The van der Waals surface area contributed by atoms with Crippen molar-refractivity contribution in [2.75, 3.05) is 6.54 Å². The van der Waals surface area contributed by atoms with E-state index in [4.69, 9.17) is 5.11 Å². The fourth-order valence-corrected chi connectivity index (χ4v) is 3.14. The second kappa shape index (κ2) is 5.88. The van der Waals surface area contributed by atoms with Gasteiger partial charge in [0.05, 0.1) is 5.56 Å². The maximum atomic E-state index is 12.7. The van der Waals surface area contributed by atoms with E-state index in [-0.39, 0.29) is 11.5 Å². The summed E-state index contributed by atoms with van der Waals surface area (Å²) in [6, 6.07) is 11.0. The van der Waals surface area contributed by atoms with Gasteiger partial charge in [0, 0.05) is 18.7 Å². The lowest BCUT2D eigenvalue weighted by Gasteiger charge is -2.29. The first-order chi connectivity index (χ1) is 10.9. The number of hydrogen-bond donors (Lipinski definition) is 1. The predicted octanol–water partition coefficient (Wildman–Crippen LogP) is 3.20. The van der Waals surface area contributed by atoms with Crippen molar-refractivity contribution in [1.82, 2.24) is 4.90 Å². The van der Waals surface area contributed by atoms with E-state index in [2.05, 4.69) is 0 Å². The van der Waals surface area contributed by atoms with E-state index < -0.39 is 5.97 Å². The van der Waals surface area contributed by atoms with Crippen molar-refractivity contribution in [2.24, 2.45) is 0 Å². The number of rotatable bonds is 2. The molecule has 0 fully saturated rings. The molecule has 23 heavy (non-hydrogen) atoms. The summed E-state index contributed by atoms with van der Waals surface area (Å²) in [5.74, 6) is -0.936. The lowest BCUT2D eigenvalue weighted by atomic mass is 9.96. The number of carbonyl (C=O) groups is 2. The van der Waals surface area contributed by atoms with Crippen LogP contribution in [0.2, 0.25) is 0 Å². The second-order valence-electron chi connectivity index (χ2n) is 6.14. The smallest absolute Gasteiger partial charge is 0.335 e. The van der Waals surface area contributed by atoms with Crippen LogP contribution in [0.1, 0.15) is 43.0 Å². The Kier molecular flexibility index (Phi) is 3.90. The predicted molar refractivity (Wildman–Crippen MR) is 87.8 cm³/mol. The van der Waals surface area contributed by atoms with E-state index in [1.807, 2.05) is 38.1 Å². The molecule has 0 unspecified atom stereocenters. The number of carboxylic acids is 1. The maximum absolute atomic E-state index is 12.7. The van der Waals surface area contributed by atoms with Crippen molar-refractivity contribution in [1.29, 1.82) is 0 Å². The average Bonchev–Trinajstić information content (AvgIpc) is 2.52. The molecule has 0 saturated carbocycles. The SMILES string of the molecule is Cc1cc(C)cc(C(=O)N2CCc3ccc(C(=O)O)cc3C2)c1. The third kappa shape index (κ3) is 3.11. The molecule has 0 radical (unpaired) electrons. The first-order valence-electron chi connectivity index (χ1n) is 7.67. The first-order valence-corrected chi connectivity index (χ1v) is 7.67. The minimum atomic E-state index is -0.939. The van der Waals surface area contributed by atoms with E-state index in [1.165, 1.54) is 0 Å². The summed E-state index contributed by atoms with van der Waals surface area (Å²) >= 11 is 0. The molecule has 0 aliphatic carbocycles. The van der Waals surface area contributed by atoms with Crippen LogP contribution in [0.15, 0.2) is 36.4 Å². The van der Waals surface area contributed by atoms with Crippen molar-refractivity contribution >= 4 is 11.9 Å². The molecule has 1 aliphatic heterocycles. The minimum absolute atomic E-state index is 0.00294. The highest BCUT2D eigenvalue weighted by Crippen LogP contribution is 2.22. The number of hydrogen-bond acceptors (Lipinski definition) is 2. The fourth-order valence-electron chi connectivity index (χ4n) is 3.14. The Balaban J connectivity index is 1.87. The van der Waals surface area contributed by atoms with Crippen LogP contribution in [0.3, 0.4) is 0 Å². The Morgan fingerprint density at radius 1 is 0.957 bits per heavy atom. The van der Waals surface area contributed by atoms with Gasteiger partial charge in [-0.25, -0.2) is 4.79 Å². The summed E-state index contributed by atoms with van der Waals surface area (Å²) in [6.45, 7) is 5.08. The molecule has 0 atom stereocenters. The van der Waals surface area contributed by atoms with E-state index in [0.717, 1.165) is 28.7 Å². The molecule has 4 nitrogen and oxygen atoms in total. The molecule has 2 aromatic rings. The van der Waals surface area contributed by atoms with Crippen molar-refractivity contribution in [3.05, 3.63) is 69.8 Å². The maximum Gasteiger partial charge on any atom is 0.335 e. The average molecular weight is 309 g/mol. The third-order valence-corrected chi connectivity index (χ3v) is 4.22. The largest absolute Gasteiger partial charge is 0.478 e. The van der Waals surface area contributed by atoms with Crippen LogP contribution in [-0.2, 0) is 13.0 Å². The van der Waals surface area contributed by atoms with Gasteiger partial charge in [-0.2, -0.15) is 0 Å². The van der Waals surface area contributed by atoms with Gasteiger partial charge in [-0.3, -0.25) is 4.79 Å². The standard InChI is InChI=1S/C19H19NO3/c1-12-7-13(2)9-16(8-12)18(21)20-6-5-14-3-4-15(19(22)23)10-17(14)11-20/h3-4,7-10H,5-6,11H2,1-2H3,(H,22,23). The number of fused-ring (bicyclic) bond motifs is 1. The zero-order chi connectivity index (χ0) is 16.6. The lowest BCUT2D eigenvalue weighted by Crippen LogP contribution is -2.36. The van der Waals surface area contributed by atoms with Crippen LogP contribution in [0, 0.1) is 13.8 Å². The zero-order valence-electron chi connectivity index (χ0n) is 13.3. The highest BCUT2D eigenvalue weighted by Gasteiger charge is 2.23. The molecule has 0 saturated heterocycles. The van der Waals surface area contributed by atoms with Gasteiger partial charge in [0.15, 0.2) is 0 Å². The van der Waals surface area contributed by atoms with Gasteiger partial charge < -0.3 is 10.0 Å². The van der Waals surface area contributed by atoms with Crippen LogP contribution in [0.25, 0.3) is 0 Å². The van der Waals surface area contributed by atoms with E-state index in [9.17, 15) is 9.59 Å². The van der Waals surface area contributed by atoms with Crippen LogP contribution < -0.4 is 0 Å². The molecule has 118 valence electrons. The number of aromatic carboxylic acids is 1. The van der Waals surface area contributed by atoms with Crippen molar-refractivity contribution < 1.29 is 14.7 Å². The fraction of sp³-hybridized carbons (Fsp3) is 0.263. The number of carbonyl (C=O) groups excluding carboxylic acids is 1. The van der Waals surface area contributed by atoms with Crippen molar-refractivity contribution in [2.45, 2.75) is 26.8 Å². The van der Waals surface area contributed by atoms with Crippen LogP contribution >= 0.6 is 0 Å². The van der Waals surface area contributed by atoms with Gasteiger partial charge in [0.2, 0.25) is 0 Å². The molecular formula is C19H19NO3. The Labute approximate surface area is 135 Å². The van der Waals surface area contributed by atoms with E-state index in [1.54, 1.807) is 17.0 Å².